The molecule has 0 unspecified atom stereocenters. The first-order valence-corrected chi connectivity index (χ1v) is 9.08. The SMILES string of the molecule is CNc1cccc(CNC(=O)O)c1.COC1c2ccccc2-c2ccccc21. The van der Waals surface area contributed by atoms with Crippen LogP contribution in [0.1, 0.15) is 22.8 Å². The first kappa shape index (κ1) is 19.5. The molecule has 1 amide bonds. The van der Waals surface area contributed by atoms with Gasteiger partial charge in [-0.25, -0.2) is 4.79 Å². The van der Waals surface area contributed by atoms with Crippen molar-refractivity contribution in [2.75, 3.05) is 19.5 Å². The summed E-state index contributed by atoms with van der Waals surface area (Å²) in [5.74, 6) is 0. The van der Waals surface area contributed by atoms with Gasteiger partial charge in [0.15, 0.2) is 0 Å². The van der Waals surface area contributed by atoms with Crippen LogP contribution in [0.15, 0.2) is 72.8 Å². The van der Waals surface area contributed by atoms with Gasteiger partial charge in [0.05, 0.1) is 0 Å². The molecule has 4 rings (SSSR count). The van der Waals surface area contributed by atoms with Gasteiger partial charge in [0.25, 0.3) is 0 Å². The van der Waals surface area contributed by atoms with Gasteiger partial charge in [-0.2, -0.15) is 0 Å². The fraction of sp³-hybridized carbons (Fsp3) is 0.174. The molecule has 3 N–H and O–H groups in total. The summed E-state index contributed by atoms with van der Waals surface area (Å²) in [5.41, 5.74) is 7.08. The fourth-order valence-corrected chi connectivity index (χ4v) is 3.38. The van der Waals surface area contributed by atoms with Gasteiger partial charge >= 0.3 is 6.09 Å². The van der Waals surface area contributed by atoms with E-state index in [1.165, 1.54) is 22.3 Å². The monoisotopic (exact) mass is 376 g/mol. The molecule has 5 heteroatoms. The molecule has 5 nitrogen and oxygen atoms in total. The number of rotatable bonds is 4. The van der Waals surface area contributed by atoms with E-state index >= 15 is 0 Å². The quantitative estimate of drug-likeness (QED) is 0.606. The van der Waals surface area contributed by atoms with Crippen LogP contribution in [0, 0.1) is 0 Å². The van der Waals surface area contributed by atoms with E-state index in [0.717, 1.165) is 11.3 Å². The Morgan fingerprint density at radius 2 is 1.57 bits per heavy atom. The predicted octanol–water partition coefficient (Wildman–Crippen LogP) is 4.90. The highest BCUT2D eigenvalue weighted by Crippen LogP contribution is 2.44. The van der Waals surface area contributed by atoms with Crippen molar-refractivity contribution in [1.82, 2.24) is 5.32 Å². The van der Waals surface area contributed by atoms with Crippen molar-refractivity contribution in [1.29, 1.82) is 0 Å². The second-order valence-corrected chi connectivity index (χ2v) is 6.40. The third kappa shape index (κ3) is 4.32. The first-order valence-electron chi connectivity index (χ1n) is 9.08. The summed E-state index contributed by atoms with van der Waals surface area (Å²) in [5, 5.41) is 13.7. The maximum Gasteiger partial charge on any atom is 0.404 e. The summed E-state index contributed by atoms with van der Waals surface area (Å²) >= 11 is 0. The number of carboxylic acid groups (broad SMARTS) is 1. The standard InChI is InChI=1S/C14H12O.C9H12N2O2/c1-15-14-12-8-4-2-6-10(12)11-7-3-5-9-13(11)14;1-10-8-4-2-3-7(5-8)6-11-9(12)13/h2-9,14H,1H3;2-5,10-11H,6H2,1H3,(H,12,13). The van der Waals surface area contributed by atoms with Gasteiger partial charge in [-0.1, -0.05) is 60.7 Å². The highest BCUT2D eigenvalue weighted by molar-refractivity contribution is 5.78. The molecule has 0 radical (unpaired) electrons. The molecule has 0 saturated heterocycles. The van der Waals surface area contributed by atoms with Gasteiger partial charge in [0, 0.05) is 26.4 Å². The van der Waals surface area contributed by atoms with Gasteiger partial charge in [-0.05, 0) is 39.9 Å². The zero-order valence-corrected chi connectivity index (χ0v) is 16.0. The Kier molecular flexibility index (Phi) is 6.29. The molecule has 0 bridgehead atoms. The van der Waals surface area contributed by atoms with E-state index in [9.17, 15) is 4.79 Å². The molecule has 1 aliphatic carbocycles. The fourth-order valence-electron chi connectivity index (χ4n) is 3.38. The summed E-state index contributed by atoms with van der Waals surface area (Å²) in [6, 6.07) is 24.5. The van der Waals surface area contributed by atoms with Gasteiger partial charge in [-0.15, -0.1) is 0 Å². The lowest BCUT2D eigenvalue weighted by Crippen LogP contribution is -2.19. The molecular weight excluding hydrogens is 352 g/mol. The Hall–Kier alpha value is -3.31. The van der Waals surface area contributed by atoms with Gasteiger partial charge in [-0.3, -0.25) is 0 Å². The van der Waals surface area contributed by atoms with E-state index in [0.29, 0.717) is 6.54 Å². The number of nitrogens with one attached hydrogen (secondary N) is 2. The molecule has 0 atom stereocenters. The second kappa shape index (κ2) is 9.06. The van der Waals surface area contributed by atoms with Crippen molar-refractivity contribution in [3.05, 3.63) is 89.5 Å². The lowest BCUT2D eigenvalue weighted by Gasteiger charge is -2.10. The molecular formula is C23H24N2O3. The normalized spacial score (nSPS) is 11.6. The number of hydrogen-bond acceptors (Lipinski definition) is 3. The molecule has 0 heterocycles. The van der Waals surface area contributed by atoms with Crippen LogP contribution in [0.4, 0.5) is 10.5 Å². The summed E-state index contributed by atoms with van der Waals surface area (Å²) in [4.78, 5) is 10.2. The average molecular weight is 376 g/mol. The average Bonchev–Trinajstić information content (AvgIpc) is 3.06. The number of fused-ring (bicyclic) bond motifs is 3. The Bertz CT molecular complexity index is 910. The molecule has 0 saturated carbocycles. The van der Waals surface area contributed by atoms with E-state index in [1.807, 2.05) is 31.3 Å². The number of methoxy groups -OCH3 is 1. The Morgan fingerprint density at radius 3 is 2.11 bits per heavy atom. The largest absolute Gasteiger partial charge is 0.465 e. The van der Waals surface area contributed by atoms with Crippen LogP contribution in [0.2, 0.25) is 0 Å². The molecule has 0 spiro atoms. The number of ether oxygens (including phenoxy) is 1. The van der Waals surface area contributed by atoms with Crippen LogP contribution in [-0.4, -0.2) is 25.4 Å². The minimum Gasteiger partial charge on any atom is -0.465 e. The number of amides is 1. The van der Waals surface area contributed by atoms with E-state index in [2.05, 4.69) is 59.2 Å². The van der Waals surface area contributed by atoms with Gasteiger partial charge in [0.1, 0.15) is 6.10 Å². The van der Waals surface area contributed by atoms with Gasteiger partial charge in [0.2, 0.25) is 0 Å². The van der Waals surface area contributed by atoms with Crippen LogP contribution in [0.25, 0.3) is 11.1 Å². The Morgan fingerprint density at radius 1 is 0.964 bits per heavy atom. The van der Waals surface area contributed by atoms with Crippen molar-refractivity contribution in [2.45, 2.75) is 12.6 Å². The van der Waals surface area contributed by atoms with Crippen molar-refractivity contribution in [2.24, 2.45) is 0 Å². The highest BCUT2D eigenvalue weighted by atomic mass is 16.5. The minimum absolute atomic E-state index is 0.109. The number of anilines is 1. The van der Waals surface area contributed by atoms with Crippen molar-refractivity contribution < 1.29 is 14.6 Å². The van der Waals surface area contributed by atoms with E-state index in [4.69, 9.17) is 9.84 Å². The maximum atomic E-state index is 10.2. The zero-order chi connectivity index (χ0) is 19.9. The van der Waals surface area contributed by atoms with Crippen molar-refractivity contribution >= 4 is 11.8 Å². The topological polar surface area (TPSA) is 70.6 Å². The van der Waals surface area contributed by atoms with Crippen LogP contribution in [-0.2, 0) is 11.3 Å². The van der Waals surface area contributed by atoms with Crippen molar-refractivity contribution in [3.63, 3.8) is 0 Å². The van der Waals surface area contributed by atoms with Crippen LogP contribution in [0.5, 0.6) is 0 Å². The Balaban J connectivity index is 0.000000163. The minimum atomic E-state index is -1.00. The van der Waals surface area contributed by atoms with Crippen molar-refractivity contribution in [3.8, 4) is 11.1 Å². The lowest BCUT2D eigenvalue weighted by atomic mass is 10.1. The third-order valence-electron chi connectivity index (χ3n) is 4.67. The lowest BCUT2D eigenvalue weighted by molar-refractivity contribution is 0.140. The summed E-state index contributed by atoms with van der Waals surface area (Å²) in [6.45, 7) is 0.338. The molecule has 144 valence electrons. The Labute approximate surface area is 165 Å². The molecule has 0 fully saturated rings. The second-order valence-electron chi connectivity index (χ2n) is 6.40. The highest BCUT2D eigenvalue weighted by Gasteiger charge is 2.27. The van der Waals surface area contributed by atoms with Crippen LogP contribution >= 0.6 is 0 Å². The zero-order valence-electron chi connectivity index (χ0n) is 16.0. The number of carbonyl (C=O) groups is 1. The number of hydrogen-bond donors (Lipinski definition) is 3. The summed E-state index contributed by atoms with van der Waals surface area (Å²) in [7, 11) is 3.59. The van der Waals surface area contributed by atoms with E-state index in [1.54, 1.807) is 7.11 Å². The molecule has 1 aliphatic rings. The maximum absolute atomic E-state index is 10.2. The number of benzene rings is 3. The molecule has 28 heavy (non-hydrogen) atoms. The predicted molar refractivity (Wildman–Crippen MR) is 112 cm³/mol. The molecule has 0 aliphatic heterocycles. The van der Waals surface area contributed by atoms with Gasteiger partial charge < -0.3 is 20.5 Å². The summed E-state index contributed by atoms with van der Waals surface area (Å²) < 4.78 is 5.56. The smallest absolute Gasteiger partial charge is 0.404 e. The van der Waals surface area contributed by atoms with E-state index < -0.39 is 6.09 Å². The van der Waals surface area contributed by atoms with Crippen LogP contribution in [0.3, 0.4) is 0 Å². The summed E-state index contributed by atoms with van der Waals surface area (Å²) in [6.07, 6.45) is -0.896. The third-order valence-corrected chi connectivity index (χ3v) is 4.67. The molecule has 3 aromatic carbocycles. The van der Waals surface area contributed by atoms with Crippen LogP contribution < -0.4 is 10.6 Å². The molecule has 0 aromatic heterocycles. The molecule has 3 aromatic rings. The first-order chi connectivity index (χ1) is 13.6. The van der Waals surface area contributed by atoms with E-state index in [-0.39, 0.29) is 6.10 Å².